The highest BCUT2D eigenvalue weighted by Gasteiger charge is 2.23. The SMILES string of the molecule is CCOC(=O)C(Cc1ccc2ccc(C(=N)N)cc2c1)c1ccc(OC2CCNCC2)cc1. The van der Waals surface area contributed by atoms with Gasteiger partial charge in [0.05, 0.1) is 12.5 Å². The molecule has 1 heterocycles. The molecule has 0 saturated carbocycles. The van der Waals surface area contributed by atoms with Crippen molar-refractivity contribution in [3.8, 4) is 5.75 Å². The van der Waals surface area contributed by atoms with E-state index in [2.05, 4.69) is 11.4 Å². The highest BCUT2D eigenvalue weighted by molar-refractivity contribution is 5.99. The third-order valence-electron chi connectivity index (χ3n) is 6.10. The Morgan fingerprint density at radius 1 is 1.06 bits per heavy atom. The van der Waals surface area contributed by atoms with Crippen LogP contribution in [0.5, 0.6) is 5.75 Å². The summed E-state index contributed by atoms with van der Waals surface area (Å²) in [7, 11) is 0. The van der Waals surface area contributed by atoms with E-state index in [1.165, 1.54) is 0 Å². The first-order valence-electron chi connectivity index (χ1n) is 11.5. The van der Waals surface area contributed by atoms with Crippen molar-refractivity contribution in [2.75, 3.05) is 19.7 Å². The van der Waals surface area contributed by atoms with E-state index in [9.17, 15) is 4.79 Å². The van der Waals surface area contributed by atoms with Crippen molar-refractivity contribution < 1.29 is 14.3 Å². The van der Waals surface area contributed by atoms with Gasteiger partial charge < -0.3 is 20.5 Å². The Kier molecular flexibility index (Phi) is 7.25. The molecule has 0 amide bonds. The van der Waals surface area contributed by atoms with Gasteiger partial charge in [0.2, 0.25) is 0 Å². The van der Waals surface area contributed by atoms with Crippen LogP contribution in [0.4, 0.5) is 0 Å². The zero-order chi connectivity index (χ0) is 23.2. The van der Waals surface area contributed by atoms with Crippen LogP contribution >= 0.6 is 0 Å². The molecule has 0 spiro atoms. The molecule has 1 saturated heterocycles. The minimum Gasteiger partial charge on any atom is -0.490 e. The van der Waals surface area contributed by atoms with Gasteiger partial charge >= 0.3 is 5.97 Å². The molecule has 1 aliphatic rings. The molecule has 1 atom stereocenters. The summed E-state index contributed by atoms with van der Waals surface area (Å²) in [5, 5.41) is 13.1. The number of esters is 1. The Bertz CT molecular complexity index is 1120. The second-order valence-electron chi connectivity index (χ2n) is 8.45. The lowest BCUT2D eigenvalue weighted by molar-refractivity contribution is -0.144. The number of hydrogen-bond donors (Lipinski definition) is 3. The number of nitrogen functional groups attached to an aromatic ring is 1. The third-order valence-corrected chi connectivity index (χ3v) is 6.10. The van der Waals surface area contributed by atoms with E-state index in [0.29, 0.717) is 18.6 Å². The number of hydrogen-bond acceptors (Lipinski definition) is 5. The molecule has 3 aromatic carbocycles. The van der Waals surface area contributed by atoms with Crippen molar-refractivity contribution in [3.63, 3.8) is 0 Å². The molecule has 0 aliphatic carbocycles. The van der Waals surface area contributed by atoms with Gasteiger partial charge in [-0.2, -0.15) is 0 Å². The Morgan fingerprint density at radius 3 is 2.48 bits per heavy atom. The van der Waals surface area contributed by atoms with Crippen LogP contribution in [0.2, 0.25) is 0 Å². The number of rotatable bonds is 8. The van der Waals surface area contributed by atoms with Gasteiger partial charge in [0.1, 0.15) is 17.7 Å². The lowest BCUT2D eigenvalue weighted by Gasteiger charge is -2.24. The molecule has 0 bridgehead atoms. The first-order valence-corrected chi connectivity index (χ1v) is 11.5. The van der Waals surface area contributed by atoms with E-state index in [1.54, 1.807) is 0 Å². The van der Waals surface area contributed by atoms with Crippen LogP contribution in [0.25, 0.3) is 10.8 Å². The number of nitrogens with two attached hydrogens (primary N) is 1. The van der Waals surface area contributed by atoms with Crippen LogP contribution in [0.1, 0.15) is 42.4 Å². The van der Waals surface area contributed by atoms with Gasteiger partial charge in [-0.15, -0.1) is 0 Å². The monoisotopic (exact) mass is 445 g/mol. The molecule has 3 aromatic rings. The molecule has 1 fully saturated rings. The summed E-state index contributed by atoms with van der Waals surface area (Å²) in [6.07, 6.45) is 2.75. The van der Waals surface area contributed by atoms with Gasteiger partial charge in [-0.25, -0.2) is 0 Å². The molecule has 33 heavy (non-hydrogen) atoms. The summed E-state index contributed by atoms with van der Waals surface area (Å²) in [6, 6.07) is 19.7. The second kappa shape index (κ2) is 10.5. The third kappa shape index (κ3) is 5.71. The molecule has 1 aliphatic heterocycles. The van der Waals surface area contributed by atoms with Crippen LogP contribution in [0.3, 0.4) is 0 Å². The van der Waals surface area contributed by atoms with Crippen molar-refractivity contribution in [2.24, 2.45) is 5.73 Å². The fourth-order valence-electron chi connectivity index (χ4n) is 4.29. The number of carbonyl (C=O) groups excluding carboxylic acids is 1. The molecule has 6 nitrogen and oxygen atoms in total. The van der Waals surface area contributed by atoms with Gasteiger partial charge in [-0.05, 0) is 79.4 Å². The van der Waals surface area contributed by atoms with Gasteiger partial charge in [0.15, 0.2) is 0 Å². The van der Waals surface area contributed by atoms with Crippen LogP contribution in [-0.4, -0.2) is 37.6 Å². The molecule has 4 rings (SSSR count). The van der Waals surface area contributed by atoms with E-state index in [0.717, 1.165) is 53.6 Å². The fraction of sp³-hybridized carbons (Fsp3) is 0.333. The molecule has 172 valence electrons. The molecule has 0 aromatic heterocycles. The van der Waals surface area contributed by atoms with Crippen molar-refractivity contribution in [2.45, 2.75) is 38.2 Å². The topological polar surface area (TPSA) is 97.4 Å². The Balaban J connectivity index is 1.55. The van der Waals surface area contributed by atoms with E-state index in [-0.39, 0.29) is 17.9 Å². The van der Waals surface area contributed by atoms with Crippen molar-refractivity contribution in [3.05, 3.63) is 77.4 Å². The summed E-state index contributed by atoms with van der Waals surface area (Å²) >= 11 is 0. The quantitative estimate of drug-likeness (QED) is 0.275. The maximum Gasteiger partial charge on any atom is 0.313 e. The average Bonchev–Trinajstić information content (AvgIpc) is 2.83. The molecular weight excluding hydrogens is 414 g/mol. The van der Waals surface area contributed by atoms with Gasteiger partial charge in [-0.3, -0.25) is 10.2 Å². The number of amidine groups is 1. The normalized spacial score (nSPS) is 15.2. The first kappa shape index (κ1) is 22.8. The standard InChI is InChI=1S/C27H31N3O3/c1-2-32-27(31)25(20-7-9-23(10-8-20)33-24-11-13-30-14-12-24)16-18-3-4-19-5-6-21(26(28)29)17-22(19)15-18/h3-10,15,17,24-25,30H,2,11-14,16H2,1H3,(H3,28,29). The summed E-state index contributed by atoms with van der Waals surface area (Å²) in [4.78, 5) is 12.9. The highest BCUT2D eigenvalue weighted by Crippen LogP contribution is 2.28. The van der Waals surface area contributed by atoms with Crippen molar-refractivity contribution in [1.29, 1.82) is 5.41 Å². The zero-order valence-corrected chi connectivity index (χ0v) is 19.0. The minimum absolute atomic E-state index is 0.0403. The smallest absolute Gasteiger partial charge is 0.313 e. The maximum atomic E-state index is 12.9. The second-order valence-corrected chi connectivity index (χ2v) is 8.45. The number of nitrogens with one attached hydrogen (secondary N) is 2. The van der Waals surface area contributed by atoms with E-state index in [4.69, 9.17) is 20.6 Å². The summed E-state index contributed by atoms with van der Waals surface area (Å²) in [5.41, 5.74) is 8.27. The van der Waals surface area contributed by atoms with Crippen molar-refractivity contribution >= 4 is 22.6 Å². The van der Waals surface area contributed by atoms with Gasteiger partial charge in [0.25, 0.3) is 0 Å². The molecule has 4 N–H and O–H groups in total. The largest absolute Gasteiger partial charge is 0.490 e. The number of benzene rings is 3. The number of fused-ring (bicyclic) bond motifs is 1. The zero-order valence-electron chi connectivity index (χ0n) is 19.0. The van der Waals surface area contributed by atoms with Gasteiger partial charge in [0, 0.05) is 5.56 Å². The fourth-order valence-corrected chi connectivity index (χ4v) is 4.29. The lowest BCUT2D eigenvalue weighted by atomic mass is 9.91. The van der Waals surface area contributed by atoms with Gasteiger partial charge in [-0.1, -0.05) is 42.5 Å². The number of carbonyl (C=O) groups is 1. The molecule has 1 unspecified atom stereocenters. The summed E-state index contributed by atoms with van der Waals surface area (Å²) < 4.78 is 11.5. The van der Waals surface area contributed by atoms with Crippen LogP contribution in [0.15, 0.2) is 60.7 Å². The first-order chi connectivity index (χ1) is 16.0. The summed E-state index contributed by atoms with van der Waals surface area (Å²) in [6.45, 7) is 4.12. The van der Waals surface area contributed by atoms with Crippen molar-refractivity contribution in [1.82, 2.24) is 5.32 Å². The molecule has 0 radical (unpaired) electrons. The van der Waals surface area contributed by atoms with Crippen LogP contribution < -0.4 is 15.8 Å². The van der Waals surface area contributed by atoms with Crippen LogP contribution in [-0.2, 0) is 16.0 Å². The lowest BCUT2D eigenvalue weighted by Crippen LogP contribution is -2.34. The predicted molar refractivity (Wildman–Crippen MR) is 131 cm³/mol. The molecule has 6 heteroatoms. The number of ether oxygens (including phenoxy) is 2. The maximum absolute atomic E-state index is 12.9. The van der Waals surface area contributed by atoms with Crippen LogP contribution in [0, 0.1) is 5.41 Å². The summed E-state index contributed by atoms with van der Waals surface area (Å²) in [5.74, 6) is 0.225. The highest BCUT2D eigenvalue weighted by atomic mass is 16.5. The average molecular weight is 446 g/mol. The van der Waals surface area contributed by atoms with E-state index >= 15 is 0 Å². The molecular formula is C27H31N3O3. The minimum atomic E-state index is -0.411. The Morgan fingerprint density at radius 2 is 1.79 bits per heavy atom. The van der Waals surface area contributed by atoms with E-state index < -0.39 is 5.92 Å². The number of piperidine rings is 1. The Hall–Kier alpha value is -3.38. The van der Waals surface area contributed by atoms with E-state index in [1.807, 2.05) is 61.5 Å². The Labute approximate surface area is 194 Å². The predicted octanol–water partition coefficient (Wildman–Crippen LogP) is 4.14.